The summed E-state index contributed by atoms with van der Waals surface area (Å²) in [5, 5.41) is 4.66. The van der Waals surface area contributed by atoms with E-state index in [0.717, 1.165) is 10.7 Å². The number of hydrogen-bond acceptors (Lipinski definition) is 6. The number of amides is 1. The molecule has 7 nitrogen and oxygen atoms in total. The molecule has 0 spiro atoms. The number of thiazole rings is 1. The van der Waals surface area contributed by atoms with Crippen LogP contribution in [-0.4, -0.2) is 25.3 Å². The molecule has 0 aromatic carbocycles. The van der Waals surface area contributed by atoms with E-state index in [9.17, 15) is 4.79 Å². The van der Waals surface area contributed by atoms with Crippen LogP contribution in [-0.2, 0) is 6.54 Å². The van der Waals surface area contributed by atoms with Crippen molar-refractivity contribution in [3.63, 3.8) is 0 Å². The van der Waals surface area contributed by atoms with E-state index in [-0.39, 0.29) is 17.4 Å². The summed E-state index contributed by atoms with van der Waals surface area (Å²) in [5.74, 6) is -0.243. The number of nitrogen functional groups attached to an aromatic ring is 1. The summed E-state index contributed by atoms with van der Waals surface area (Å²) in [5.41, 5.74) is 6.49. The number of nitrogens with zero attached hydrogens (tertiary/aromatic N) is 4. The van der Waals surface area contributed by atoms with E-state index in [0.29, 0.717) is 6.54 Å². The van der Waals surface area contributed by atoms with Gasteiger partial charge in [0.1, 0.15) is 0 Å². The first kappa shape index (κ1) is 11.6. The highest BCUT2D eigenvalue weighted by molar-refractivity contribution is 7.15. The van der Waals surface area contributed by atoms with E-state index in [1.165, 1.54) is 23.7 Å². The van der Waals surface area contributed by atoms with Crippen molar-refractivity contribution in [1.82, 2.24) is 24.7 Å². The number of anilines is 1. The monoisotopic (exact) mass is 274 g/mol. The Hall–Kier alpha value is -2.48. The van der Waals surface area contributed by atoms with Gasteiger partial charge in [-0.05, 0) is 0 Å². The summed E-state index contributed by atoms with van der Waals surface area (Å²) in [6, 6.07) is 0. The molecule has 0 saturated heterocycles. The first-order valence-electron chi connectivity index (χ1n) is 5.50. The molecule has 0 unspecified atom stereocenters. The topological polar surface area (TPSA) is 98.2 Å². The van der Waals surface area contributed by atoms with Gasteiger partial charge in [0.25, 0.3) is 5.91 Å². The van der Waals surface area contributed by atoms with E-state index in [4.69, 9.17) is 5.73 Å². The van der Waals surface area contributed by atoms with Gasteiger partial charge in [-0.2, -0.15) is 0 Å². The molecule has 3 aromatic rings. The van der Waals surface area contributed by atoms with Crippen molar-refractivity contribution in [3.8, 4) is 0 Å². The molecule has 0 fully saturated rings. The molecule has 8 heteroatoms. The lowest BCUT2D eigenvalue weighted by atomic mass is 10.3. The molecule has 3 heterocycles. The van der Waals surface area contributed by atoms with Crippen molar-refractivity contribution in [2.45, 2.75) is 6.54 Å². The number of carbonyl (C=O) groups excluding carboxylic acids is 1. The van der Waals surface area contributed by atoms with Crippen molar-refractivity contribution < 1.29 is 4.79 Å². The largest absolute Gasteiger partial charge is 0.382 e. The molecular formula is C11H10N6OS. The highest BCUT2D eigenvalue weighted by Crippen LogP contribution is 2.11. The van der Waals surface area contributed by atoms with E-state index in [1.54, 1.807) is 0 Å². The van der Waals surface area contributed by atoms with Gasteiger partial charge >= 0.3 is 0 Å². The second-order valence-electron chi connectivity index (χ2n) is 3.80. The number of imidazole rings is 1. The minimum Gasteiger partial charge on any atom is -0.382 e. The predicted molar refractivity (Wildman–Crippen MR) is 70.7 cm³/mol. The number of aromatic nitrogens is 4. The normalized spacial score (nSPS) is 10.7. The van der Waals surface area contributed by atoms with Crippen LogP contribution in [0, 0.1) is 0 Å². The number of rotatable bonds is 3. The summed E-state index contributed by atoms with van der Waals surface area (Å²) in [6.07, 6.45) is 6.65. The zero-order valence-corrected chi connectivity index (χ0v) is 10.6. The van der Waals surface area contributed by atoms with Gasteiger partial charge in [-0.3, -0.25) is 9.20 Å². The molecule has 0 atom stereocenters. The van der Waals surface area contributed by atoms with Gasteiger partial charge in [0.05, 0.1) is 12.2 Å². The highest BCUT2D eigenvalue weighted by Gasteiger charge is 2.12. The lowest BCUT2D eigenvalue weighted by molar-refractivity contribution is 0.0946. The fraction of sp³-hybridized carbons (Fsp3) is 0.0909. The smallest absolute Gasteiger partial charge is 0.274 e. The van der Waals surface area contributed by atoms with Gasteiger partial charge < -0.3 is 11.1 Å². The maximum absolute atomic E-state index is 11.9. The Morgan fingerprint density at radius 2 is 2.26 bits per heavy atom. The van der Waals surface area contributed by atoms with Crippen LogP contribution in [0.2, 0.25) is 0 Å². The Labute approximate surface area is 112 Å². The number of nitrogens with one attached hydrogen (secondary N) is 1. The third kappa shape index (κ3) is 2.25. The van der Waals surface area contributed by atoms with Crippen LogP contribution in [0.15, 0.2) is 30.2 Å². The summed E-state index contributed by atoms with van der Waals surface area (Å²) in [4.78, 5) is 24.8. The van der Waals surface area contributed by atoms with Crippen LogP contribution >= 0.6 is 11.3 Å². The minimum absolute atomic E-state index is 0.117. The van der Waals surface area contributed by atoms with E-state index < -0.39 is 0 Å². The van der Waals surface area contributed by atoms with Gasteiger partial charge in [0.15, 0.2) is 16.5 Å². The Morgan fingerprint density at radius 1 is 1.42 bits per heavy atom. The number of nitrogens with two attached hydrogens (primary N) is 1. The molecule has 1 amide bonds. The fourth-order valence-electron chi connectivity index (χ4n) is 1.64. The molecule has 96 valence electrons. The Balaban J connectivity index is 1.71. The standard InChI is InChI=1S/C11H10N6OS/c12-9-8(13-1-2-14-9)10(18)15-5-7-6-17-3-4-19-11(17)16-7/h1-4,6H,5H2,(H2,12,14)(H,15,18). The van der Waals surface area contributed by atoms with Gasteiger partial charge in [0.2, 0.25) is 0 Å². The Bertz CT molecular complexity index is 705. The number of hydrogen-bond donors (Lipinski definition) is 2. The first-order valence-corrected chi connectivity index (χ1v) is 6.38. The van der Waals surface area contributed by atoms with Gasteiger partial charge in [-0.1, -0.05) is 0 Å². The maximum atomic E-state index is 11.9. The molecule has 0 aliphatic heterocycles. The van der Waals surface area contributed by atoms with E-state index >= 15 is 0 Å². The summed E-state index contributed by atoms with van der Waals surface area (Å²) < 4.78 is 1.91. The molecular weight excluding hydrogens is 264 g/mol. The highest BCUT2D eigenvalue weighted by atomic mass is 32.1. The quantitative estimate of drug-likeness (QED) is 0.732. The second-order valence-corrected chi connectivity index (χ2v) is 4.67. The summed E-state index contributed by atoms with van der Waals surface area (Å²) >= 11 is 1.54. The van der Waals surface area contributed by atoms with E-state index in [1.807, 2.05) is 22.2 Å². The van der Waals surface area contributed by atoms with Gasteiger partial charge in [0, 0.05) is 30.2 Å². The van der Waals surface area contributed by atoms with Crippen molar-refractivity contribution in [2.75, 3.05) is 5.73 Å². The molecule has 0 aliphatic carbocycles. The molecule has 19 heavy (non-hydrogen) atoms. The molecule has 0 aliphatic rings. The zero-order chi connectivity index (χ0) is 13.2. The van der Waals surface area contributed by atoms with E-state index in [2.05, 4.69) is 20.3 Å². The van der Waals surface area contributed by atoms with Crippen LogP contribution in [0.4, 0.5) is 5.82 Å². The Kier molecular flexibility index (Phi) is 2.84. The average molecular weight is 274 g/mol. The second kappa shape index (κ2) is 4.65. The molecule has 0 radical (unpaired) electrons. The van der Waals surface area contributed by atoms with Crippen LogP contribution in [0.1, 0.15) is 16.2 Å². The lowest BCUT2D eigenvalue weighted by Crippen LogP contribution is -2.25. The van der Waals surface area contributed by atoms with Crippen LogP contribution in [0.5, 0.6) is 0 Å². The van der Waals surface area contributed by atoms with Crippen molar-refractivity contribution in [1.29, 1.82) is 0 Å². The molecule has 0 bridgehead atoms. The maximum Gasteiger partial charge on any atom is 0.274 e. The fourth-order valence-corrected chi connectivity index (χ4v) is 2.36. The van der Waals surface area contributed by atoms with Gasteiger partial charge in [-0.25, -0.2) is 15.0 Å². The summed E-state index contributed by atoms with van der Waals surface area (Å²) in [7, 11) is 0. The molecule has 3 rings (SSSR count). The van der Waals surface area contributed by atoms with Crippen molar-refractivity contribution in [3.05, 3.63) is 41.6 Å². The SMILES string of the molecule is Nc1nccnc1C(=O)NCc1cn2ccsc2n1. The van der Waals surface area contributed by atoms with Crippen LogP contribution in [0.25, 0.3) is 4.96 Å². The van der Waals surface area contributed by atoms with Crippen LogP contribution < -0.4 is 11.1 Å². The molecule has 3 aromatic heterocycles. The third-order valence-corrected chi connectivity index (χ3v) is 3.29. The molecule has 3 N–H and O–H groups in total. The van der Waals surface area contributed by atoms with Gasteiger partial charge in [-0.15, -0.1) is 11.3 Å². The van der Waals surface area contributed by atoms with Crippen molar-refractivity contribution in [2.24, 2.45) is 0 Å². The zero-order valence-electron chi connectivity index (χ0n) is 9.78. The summed E-state index contributed by atoms with van der Waals surface area (Å²) in [6.45, 7) is 0.323. The third-order valence-electron chi connectivity index (χ3n) is 2.51. The predicted octanol–water partition coefficient (Wildman–Crippen LogP) is 0.698. The average Bonchev–Trinajstić information content (AvgIpc) is 2.97. The number of fused-ring (bicyclic) bond motifs is 1. The van der Waals surface area contributed by atoms with Crippen LogP contribution in [0.3, 0.4) is 0 Å². The van der Waals surface area contributed by atoms with Crippen molar-refractivity contribution >= 4 is 28.0 Å². The number of carbonyl (C=O) groups is 1. The Morgan fingerprint density at radius 3 is 3.05 bits per heavy atom. The lowest BCUT2D eigenvalue weighted by Gasteiger charge is -2.03. The minimum atomic E-state index is -0.359. The molecule has 0 saturated carbocycles. The first-order chi connectivity index (χ1) is 9.24.